The van der Waals surface area contributed by atoms with Crippen LogP contribution in [0.25, 0.3) is 0 Å². The molecule has 2 fully saturated rings. The number of likely N-dealkylation sites (tertiary alicyclic amines) is 2. The zero-order valence-corrected chi connectivity index (χ0v) is 19.1. The van der Waals surface area contributed by atoms with Crippen molar-refractivity contribution in [1.82, 2.24) is 15.1 Å². The summed E-state index contributed by atoms with van der Waals surface area (Å²) in [5.41, 5.74) is 6.55. The van der Waals surface area contributed by atoms with E-state index in [9.17, 15) is 9.59 Å². The summed E-state index contributed by atoms with van der Waals surface area (Å²) in [7, 11) is 3.11. The fourth-order valence-corrected chi connectivity index (χ4v) is 4.43. The maximum atomic E-state index is 12.7. The second kappa shape index (κ2) is 11.0. The van der Waals surface area contributed by atoms with Crippen molar-refractivity contribution in [2.24, 2.45) is 0 Å². The van der Waals surface area contributed by atoms with Crippen LogP contribution in [-0.2, 0) is 9.53 Å². The van der Waals surface area contributed by atoms with Crippen LogP contribution in [0.2, 0.25) is 5.02 Å². The van der Waals surface area contributed by atoms with Gasteiger partial charge in [-0.1, -0.05) is 11.6 Å². The molecular weight excluding hydrogens is 420 g/mol. The number of benzene rings is 1. The molecule has 0 spiro atoms. The highest BCUT2D eigenvalue weighted by atomic mass is 35.5. The Morgan fingerprint density at radius 1 is 1.19 bits per heavy atom. The molecule has 9 heteroatoms. The summed E-state index contributed by atoms with van der Waals surface area (Å²) >= 11 is 6.08. The molecule has 2 amide bonds. The zero-order valence-electron chi connectivity index (χ0n) is 18.4. The van der Waals surface area contributed by atoms with Crippen molar-refractivity contribution in [2.75, 3.05) is 52.7 Å². The average Bonchev–Trinajstić information content (AvgIpc) is 3.31. The lowest BCUT2D eigenvalue weighted by atomic mass is 10.0. The van der Waals surface area contributed by atoms with Gasteiger partial charge in [-0.05, 0) is 38.2 Å². The van der Waals surface area contributed by atoms with Gasteiger partial charge in [-0.15, -0.1) is 0 Å². The van der Waals surface area contributed by atoms with Gasteiger partial charge in [0, 0.05) is 51.9 Å². The van der Waals surface area contributed by atoms with Crippen molar-refractivity contribution in [2.45, 2.75) is 44.2 Å². The van der Waals surface area contributed by atoms with Crippen LogP contribution in [-0.4, -0.2) is 80.7 Å². The Balaban J connectivity index is 1.46. The molecule has 2 heterocycles. The Bertz CT molecular complexity index is 777. The van der Waals surface area contributed by atoms with Crippen molar-refractivity contribution in [3.05, 3.63) is 22.7 Å². The molecular formula is C22H33ClN4O4. The van der Waals surface area contributed by atoms with Gasteiger partial charge in [0.15, 0.2) is 0 Å². The van der Waals surface area contributed by atoms with Crippen LogP contribution in [0.1, 0.15) is 42.5 Å². The third-order valence-corrected chi connectivity index (χ3v) is 6.50. The summed E-state index contributed by atoms with van der Waals surface area (Å²) in [5.74, 6) is 0.302. The molecule has 2 saturated heterocycles. The molecule has 0 saturated carbocycles. The monoisotopic (exact) mass is 452 g/mol. The van der Waals surface area contributed by atoms with E-state index in [2.05, 4.69) is 10.2 Å². The van der Waals surface area contributed by atoms with Crippen LogP contribution in [0.4, 0.5) is 5.69 Å². The smallest absolute Gasteiger partial charge is 0.255 e. The average molecular weight is 453 g/mol. The van der Waals surface area contributed by atoms with E-state index in [1.54, 1.807) is 19.2 Å². The first-order chi connectivity index (χ1) is 14.9. The van der Waals surface area contributed by atoms with Crippen LogP contribution in [0.15, 0.2) is 12.1 Å². The summed E-state index contributed by atoms with van der Waals surface area (Å²) in [6.45, 7) is 4.21. The van der Waals surface area contributed by atoms with Crippen LogP contribution in [0.3, 0.4) is 0 Å². The maximum Gasteiger partial charge on any atom is 0.255 e. The summed E-state index contributed by atoms with van der Waals surface area (Å²) in [5, 5.41) is 3.41. The maximum absolute atomic E-state index is 12.7. The van der Waals surface area contributed by atoms with E-state index in [1.807, 2.05) is 4.90 Å². The first-order valence-corrected chi connectivity index (χ1v) is 11.3. The Morgan fingerprint density at radius 3 is 2.48 bits per heavy atom. The number of carbonyl (C=O) groups is 2. The predicted molar refractivity (Wildman–Crippen MR) is 121 cm³/mol. The lowest BCUT2D eigenvalue weighted by Crippen LogP contribution is -2.46. The minimum atomic E-state index is -0.377. The number of hydrogen-bond donors (Lipinski definition) is 2. The molecule has 3 rings (SSSR count). The van der Waals surface area contributed by atoms with E-state index < -0.39 is 0 Å². The standard InChI is InChI=1S/C22H33ClN4O4/c1-30-19(22(29)27-8-3-4-9-27)7-12-26-10-5-15(6-11-26)25-21(28)16-13-17(23)18(24)14-20(16)31-2/h13-15,19H,3-12,24H2,1-2H3,(H,25,28). The van der Waals surface area contributed by atoms with Crippen LogP contribution in [0, 0.1) is 0 Å². The number of anilines is 1. The molecule has 0 bridgehead atoms. The van der Waals surface area contributed by atoms with E-state index in [4.69, 9.17) is 26.8 Å². The number of nitrogens with zero attached hydrogens (tertiary/aromatic N) is 2. The Hall–Kier alpha value is -2.03. The highest BCUT2D eigenvalue weighted by Crippen LogP contribution is 2.29. The number of rotatable bonds is 8. The summed E-state index contributed by atoms with van der Waals surface area (Å²) in [4.78, 5) is 29.5. The fraction of sp³-hybridized carbons (Fsp3) is 0.636. The van der Waals surface area contributed by atoms with E-state index in [0.717, 1.165) is 58.4 Å². The van der Waals surface area contributed by atoms with Gasteiger partial charge < -0.3 is 30.3 Å². The number of nitrogens with one attached hydrogen (secondary N) is 1. The van der Waals surface area contributed by atoms with Gasteiger partial charge in [0.25, 0.3) is 11.8 Å². The zero-order chi connectivity index (χ0) is 22.4. The van der Waals surface area contributed by atoms with Gasteiger partial charge in [0.2, 0.25) is 0 Å². The second-order valence-corrected chi connectivity index (χ2v) is 8.62. The number of nitrogens with two attached hydrogens (primary N) is 1. The third kappa shape index (κ3) is 6.02. The number of piperidine rings is 1. The Labute approximate surface area is 189 Å². The fourth-order valence-electron chi connectivity index (χ4n) is 4.26. The van der Waals surface area contributed by atoms with E-state index in [0.29, 0.717) is 28.4 Å². The van der Waals surface area contributed by atoms with Crippen LogP contribution >= 0.6 is 11.6 Å². The predicted octanol–water partition coefficient (Wildman–Crippen LogP) is 2.15. The van der Waals surface area contributed by atoms with Gasteiger partial charge in [-0.3, -0.25) is 9.59 Å². The number of halogens is 1. The van der Waals surface area contributed by atoms with Crippen molar-refractivity contribution in [1.29, 1.82) is 0 Å². The van der Waals surface area contributed by atoms with Crippen LogP contribution in [0.5, 0.6) is 5.75 Å². The normalized spacial score (nSPS) is 18.7. The molecule has 0 radical (unpaired) electrons. The van der Waals surface area contributed by atoms with E-state index in [-0.39, 0.29) is 24.0 Å². The molecule has 3 N–H and O–H groups in total. The molecule has 31 heavy (non-hydrogen) atoms. The quantitative estimate of drug-likeness (QED) is 0.586. The van der Waals surface area contributed by atoms with Crippen molar-refractivity contribution in [3.63, 3.8) is 0 Å². The highest BCUT2D eigenvalue weighted by molar-refractivity contribution is 6.33. The number of amides is 2. The highest BCUT2D eigenvalue weighted by Gasteiger charge is 2.28. The SMILES string of the molecule is COc1cc(N)c(Cl)cc1C(=O)NC1CCN(CCC(OC)C(=O)N2CCCC2)CC1. The van der Waals surface area contributed by atoms with Crippen molar-refractivity contribution < 1.29 is 19.1 Å². The molecule has 0 aliphatic carbocycles. The molecule has 1 atom stereocenters. The molecule has 172 valence electrons. The van der Waals surface area contributed by atoms with E-state index >= 15 is 0 Å². The lowest BCUT2D eigenvalue weighted by Gasteiger charge is -2.33. The molecule has 1 unspecified atom stereocenters. The number of carbonyl (C=O) groups excluding carboxylic acids is 2. The van der Waals surface area contributed by atoms with Gasteiger partial charge in [-0.25, -0.2) is 0 Å². The number of ether oxygens (including phenoxy) is 2. The molecule has 2 aliphatic heterocycles. The van der Waals surface area contributed by atoms with Crippen LogP contribution < -0.4 is 15.8 Å². The number of methoxy groups -OCH3 is 2. The summed E-state index contributed by atoms with van der Waals surface area (Å²) in [6.07, 6.45) is 4.15. The minimum Gasteiger partial charge on any atom is -0.496 e. The molecule has 0 aromatic heterocycles. The molecule has 2 aliphatic rings. The number of hydrogen-bond acceptors (Lipinski definition) is 6. The van der Waals surface area contributed by atoms with Crippen molar-refractivity contribution >= 4 is 29.1 Å². The van der Waals surface area contributed by atoms with Gasteiger partial charge in [0.1, 0.15) is 11.9 Å². The number of nitrogen functional groups attached to an aromatic ring is 1. The summed E-state index contributed by atoms with van der Waals surface area (Å²) in [6, 6.07) is 3.19. The largest absolute Gasteiger partial charge is 0.496 e. The first-order valence-electron chi connectivity index (χ1n) is 10.9. The molecule has 8 nitrogen and oxygen atoms in total. The molecule has 1 aromatic rings. The van der Waals surface area contributed by atoms with Gasteiger partial charge >= 0.3 is 0 Å². The second-order valence-electron chi connectivity index (χ2n) is 8.21. The lowest BCUT2D eigenvalue weighted by molar-refractivity contribution is -0.141. The third-order valence-electron chi connectivity index (χ3n) is 6.17. The first kappa shape index (κ1) is 23.6. The van der Waals surface area contributed by atoms with Crippen molar-refractivity contribution in [3.8, 4) is 5.75 Å². The summed E-state index contributed by atoms with van der Waals surface area (Å²) < 4.78 is 10.8. The topological polar surface area (TPSA) is 97.1 Å². The van der Waals surface area contributed by atoms with E-state index in [1.165, 1.54) is 7.11 Å². The van der Waals surface area contributed by atoms with Gasteiger partial charge in [0.05, 0.1) is 23.4 Å². The Kier molecular flexibility index (Phi) is 8.40. The minimum absolute atomic E-state index is 0.0780. The van der Waals surface area contributed by atoms with Gasteiger partial charge in [-0.2, -0.15) is 0 Å². The molecule has 1 aromatic carbocycles. The Morgan fingerprint density at radius 2 is 1.87 bits per heavy atom.